The first kappa shape index (κ1) is 15.2. The topological polar surface area (TPSA) is 50.4 Å². The zero-order valence-electron chi connectivity index (χ0n) is 11.3. The molecule has 6 heteroatoms. The molecular formula is C14H18ClFN2O2. The predicted octanol–water partition coefficient (Wildman–Crippen LogP) is 1.89. The molecule has 1 saturated heterocycles. The van der Waals surface area contributed by atoms with Gasteiger partial charge in [-0.25, -0.2) is 4.39 Å². The molecule has 0 unspecified atom stereocenters. The fourth-order valence-electron chi connectivity index (χ4n) is 2.30. The number of carbonyl (C=O) groups is 1. The second-order valence-electron chi connectivity index (χ2n) is 4.87. The number of halogens is 2. The normalized spacial score (nSPS) is 23.1. The summed E-state index contributed by atoms with van der Waals surface area (Å²) in [5.41, 5.74) is 0.829. The molecule has 1 aromatic rings. The average molecular weight is 301 g/mol. The van der Waals surface area contributed by atoms with Crippen LogP contribution in [0.25, 0.3) is 0 Å². The lowest BCUT2D eigenvalue weighted by Crippen LogP contribution is -2.35. The number of carbonyl (C=O) groups excluding carboxylic acids is 1. The molecule has 0 radical (unpaired) electrons. The molecule has 1 amide bonds. The molecule has 4 nitrogen and oxygen atoms in total. The molecule has 1 aliphatic heterocycles. The van der Waals surface area contributed by atoms with E-state index in [2.05, 4.69) is 10.6 Å². The van der Waals surface area contributed by atoms with E-state index in [0.29, 0.717) is 13.2 Å². The van der Waals surface area contributed by atoms with Crippen LogP contribution in [0.1, 0.15) is 18.6 Å². The van der Waals surface area contributed by atoms with Crippen molar-refractivity contribution in [3.63, 3.8) is 0 Å². The number of nitrogens with one attached hydrogen (secondary N) is 2. The minimum atomic E-state index is -0.444. The maximum Gasteiger partial charge on any atom is 0.216 e. The Hall–Kier alpha value is -1.17. The van der Waals surface area contributed by atoms with E-state index in [1.807, 2.05) is 0 Å². The molecule has 1 aromatic carbocycles. The van der Waals surface area contributed by atoms with Crippen LogP contribution in [-0.4, -0.2) is 32.1 Å². The standard InChI is InChI=1S/C14H18ClFN2O2/c1-9(19)18-8-11-7-17-4-5-20-14(11)10-2-3-13(16)12(15)6-10/h2-3,6,11,14,17H,4-5,7-8H2,1H3,(H,18,19)/t11-,14-/m0/s1. The van der Waals surface area contributed by atoms with Gasteiger partial charge in [0.25, 0.3) is 0 Å². The van der Waals surface area contributed by atoms with Gasteiger partial charge in [0, 0.05) is 32.5 Å². The molecular weight excluding hydrogens is 283 g/mol. The van der Waals surface area contributed by atoms with Gasteiger partial charge in [-0.15, -0.1) is 0 Å². The Kier molecular flexibility index (Phi) is 5.34. The second kappa shape index (κ2) is 7.02. The van der Waals surface area contributed by atoms with Crippen molar-refractivity contribution in [1.29, 1.82) is 0 Å². The molecule has 0 saturated carbocycles. The largest absolute Gasteiger partial charge is 0.372 e. The summed E-state index contributed by atoms with van der Waals surface area (Å²) in [5.74, 6) is -0.450. The van der Waals surface area contributed by atoms with Crippen molar-refractivity contribution in [1.82, 2.24) is 10.6 Å². The van der Waals surface area contributed by atoms with Crippen molar-refractivity contribution in [2.75, 3.05) is 26.2 Å². The summed E-state index contributed by atoms with van der Waals surface area (Å²) in [4.78, 5) is 11.1. The Labute approximate surface area is 122 Å². The smallest absolute Gasteiger partial charge is 0.216 e. The van der Waals surface area contributed by atoms with Crippen LogP contribution in [0.15, 0.2) is 18.2 Å². The fraction of sp³-hybridized carbons (Fsp3) is 0.500. The quantitative estimate of drug-likeness (QED) is 0.896. The summed E-state index contributed by atoms with van der Waals surface area (Å²) in [6.07, 6.45) is -0.213. The third-order valence-corrected chi connectivity index (χ3v) is 3.59. The first-order valence-electron chi connectivity index (χ1n) is 6.59. The van der Waals surface area contributed by atoms with Crippen LogP contribution in [0.3, 0.4) is 0 Å². The lowest BCUT2D eigenvalue weighted by Gasteiger charge is -2.25. The van der Waals surface area contributed by atoms with Crippen molar-refractivity contribution in [3.05, 3.63) is 34.6 Å². The van der Waals surface area contributed by atoms with Crippen molar-refractivity contribution in [3.8, 4) is 0 Å². The van der Waals surface area contributed by atoms with Crippen molar-refractivity contribution in [2.45, 2.75) is 13.0 Å². The summed E-state index contributed by atoms with van der Waals surface area (Å²) in [7, 11) is 0. The highest BCUT2D eigenvalue weighted by Gasteiger charge is 2.26. The number of rotatable bonds is 3. The highest BCUT2D eigenvalue weighted by molar-refractivity contribution is 6.30. The Balaban J connectivity index is 2.18. The molecule has 2 rings (SSSR count). The van der Waals surface area contributed by atoms with E-state index in [-0.39, 0.29) is 23.0 Å². The zero-order chi connectivity index (χ0) is 14.5. The van der Waals surface area contributed by atoms with Gasteiger partial charge in [-0.1, -0.05) is 17.7 Å². The second-order valence-corrected chi connectivity index (χ2v) is 5.27. The molecule has 20 heavy (non-hydrogen) atoms. The van der Waals surface area contributed by atoms with Gasteiger partial charge in [0.15, 0.2) is 0 Å². The monoisotopic (exact) mass is 300 g/mol. The summed E-state index contributed by atoms with van der Waals surface area (Å²) in [6.45, 7) is 4.02. The van der Waals surface area contributed by atoms with Gasteiger partial charge < -0.3 is 15.4 Å². The SMILES string of the molecule is CC(=O)NC[C@@H]1CNCCO[C@H]1c1ccc(F)c(Cl)c1. The highest BCUT2D eigenvalue weighted by atomic mass is 35.5. The third-order valence-electron chi connectivity index (χ3n) is 3.30. The maximum atomic E-state index is 13.3. The van der Waals surface area contributed by atoms with Gasteiger partial charge in [-0.3, -0.25) is 4.79 Å². The first-order valence-corrected chi connectivity index (χ1v) is 6.97. The molecule has 110 valence electrons. The van der Waals surface area contributed by atoms with Gasteiger partial charge in [-0.2, -0.15) is 0 Å². The fourth-order valence-corrected chi connectivity index (χ4v) is 2.49. The van der Waals surface area contributed by atoms with E-state index >= 15 is 0 Å². The molecule has 2 N–H and O–H groups in total. The highest BCUT2D eigenvalue weighted by Crippen LogP contribution is 2.29. The van der Waals surface area contributed by atoms with Crippen LogP contribution >= 0.6 is 11.6 Å². The van der Waals surface area contributed by atoms with E-state index < -0.39 is 5.82 Å². The maximum absolute atomic E-state index is 13.3. The van der Waals surface area contributed by atoms with Crippen LogP contribution in [0.5, 0.6) is 0 Å². The van der Waals surface area contributed by atoms with E-state index in [1.54, 1.807) is 12.1 Å². The van der Waals surface area contributed by atoms with Crippen molar-refractivity contribution in [2.24, 2.45) is 5.92 Å². The van der Waals surface area contributed by atoms with Crippen LogP contribution in [-0.2, 0) is 9.53 Å². The summed E-state index contributed by atoms with van der Waals surface area (Å²) in [6, 6.07) is 4.61. The number of hydrogen-bond acceptors (Lipinski definition) is 3. The van der Waals surface area contributed by atoms with Gasteiger partial charge in [0.05, 0.1) is 17.7 Å². The van der Waals surface area contributed by atoms with Gasteiger partial charge >= 0.3 is 0 Å². The first-order chi connectivity index (χ1) is 9.58. The third kappa shape index (κ3) is 3.91. The Morgan fingerprint density at radius 1 is 1.60 bits per heavy atom. The number of amides is 1. The number of ether oxygens (including phenoxy) is 1. The van der Waals surface area contributed by atoms with Gasteiger partial charge in [0.1, 0.15) is 5.82 Å². The van der Waals surface area contributed by atoms with Crippen LogP contribution < -0.4 is 10.6 Å². The lowest BCUT2D eigenvalue weighted by atomic mass is 9.95. The summed E-state index contributed by atoms with van der Waals surface area (Å²) >= 11 is 5.83. The van der Waals surface area contributed by atoms with E-state index in [4.69, 9.17) is 16.3 Å². The minimum Gasteiger partial charge on any atom is -0.372 e. The predicted molar refractivity (Wildman–Crippen MR) is 75.1 cm³/mol. The molecule has 0 bridgehead atoms. The zero-order valence-corrected chi connectivity index (χ0v) is 12.0. The molecule has 1 aliphatic rings. The number of benzene rings is 1. The minimum absolute atomic E-state index is 0.0722. The van der Waals surface area contributed by atoms with Gasteiger partial charge in [0.2, 0.25) is 5.91 Å². The van der Waals surface area contributed by atoms with Crippen LogP contribution in [0, 0.1) is 11.7 Å². The van der Waals surface area contributed by atoms with E-state index in [1.165, 1.54) is 13.0 Å². The molecule has 0 aliphatic carbocycles. The summed E-state index contributed by atoms with van der Waals surface area (Å²) < 4.78 is 19.1. The average Bonchev–Trinajstić information content (AvgIpc) is 2.65. The number of hydrogen-bond donors (Lipinski definition) is 2. The lowest BCUT2D eigenvalue weighted by molar-refractivity contribution is -0.119. The molecule has 0 spiro atoms. The Morgan fingerprint density at radius 2 is 2.40 bits per heavy atom. The Morgan fingerprint density at radius 3 is 3.10 bits per heavy atom. The molecule has 0 aromatic heterocycles. The van der Waals surface area contributed by atoms with Crippen molar-refractivity contribution < 1.29 is 13.9 Å². The summed E-state index contributed by atoms with van der Waals surface area (Å²) in [5, 5.41) is 6.15. The van der Waals surface area contributed by atoms with Crippen LogP contribution in [0.2, 0.25) is 5.02 Å². The van der Waals surface area contributed by atoms with E-state index in [0.717, 1.165) is 18.7 Å². The molecule has 1 heterocycles. The molecule has 2 atom stereocenters. The van der Waals surface area contributed by atoms with E-state index in [9.17, 15) is 9.18 Å². The molecule has 1 fully saturated rings. The van der Waals surface area contributed by atoms with Crippen LogP contribution in [0.4, 0.5) is 4.39 Å². The Bertz CT molecular complexity index is 484. The van der Waals surface area contributed by atoms with Gasteiger partial charge in [-0.05, 0) is 17.7 Å². The van der Waals surface area contributed by atoms with Crippen molar-refractivity contribution >= 4 is 17.5 Å².